The van der Waals surface area contributed by atoms with Gasteiger partial charge in [-0.15, -0.1) is 0 Å². The molecule has 0 fully saturated rings. The molecule has 8 nitrogen and oxygen atoms in total. The van der Waals surface area contributed by atoms with Crippen LogP contribution in [-0.4, -0.2) is 38.5 Å². The van der Waals surface area contributed by atoms with Crippen LogP contribution < -0.4 is 6.15 Å². The summed E-state index contributed by atoms with van der Waals surface area (Å²) in [6, 6.07) is 5.89. The Morgan fingerprint density at radius 2 is 1.00 bits per heavy atom. The molecule has 0 aliphatic rings. The first-order valence-corrected chi connectivity index (χ1v) is 6.72. The van der Waals surface area contributed by atoms with E-state index in [2.05, 4.69) is 26.8 Å². The van der Waals surface area contributed by atoms with Gasteiger partial charge >= 0.3 is 12.3 Å². The summed E-state index contributed by atoms with van der Waals surface area (Å²) in [6.07, 6.45) is -3.67. The third kappa shape index (κ3) is 36.6. The van der Waals surface area contributed by atoms with Crippen LogP contribution in [0.25, 0.3) is 0 Å². The minimum Gasteiger partial charge on any atom is -0.450 e. The zero-order chi connectivity index (χ0) is 19.2. The van der Waals surface area contributed by atoms with Crippen molar-refractivity contribution in [2.24, 2.45) is 5.92 Å². The first-order chi connectivity index (χ1) is 10.3. The Morgan fingerprint density at radius 3 is 1.17 bits per heavy atom. The van der Waals surface area contributed by atoms with Gasteiger partial charge < -0.3 is 26.6 Å². The van der Waals surface area contributed by atoms with E-state index in [9.17, 15) is 4.79 Å². The smallest absolute Gasteiger partial charge is 0.450 e. The Morgan fingerprint density at radius 1 is 0.792 bits per heavy atom. The fourth-order valence-corrected chi connectivity index (χ4v) is 1.18. The number of hydrogen-bond donors (Lipinski definition) is 5. The highest BCUT2D eigenvalue weighted by Crippen LogP contribution is 2.08. The molecule has 0 aromatic heterocycles. The Balaban J connectivity index is -0.000000130. The molecule has 1 rings (SSSR count). The van der Waals surface area contributed by atoms with Gasteiger partial charge in [-0.2, -0.15) is 0 Å². The monoisotopic (exact) mass is 347 g/mol. The lowest BCUT2D eigenvalue weighted by atomic mass is 10.1. The van der Waals surface area contributed by atoms with E-state index in [1.165, 1.54) is 0 Å². The van der Waals surface area contributed by atoms with Gasteiger partial charge in [0, 0.05) is 5.56 Å². The molecule has 0 spiro atoms. The maximum absolute atomic E-state index is 10.9. The summed E-state index contributed by atoms with van der Waals surface area (Å²) in [5.74, 6) is 0.969. The number of aryl methyl sites for hydroxylation is 2. The van der Waals surface area contributed by atoms with E-state index in [4.69, 9.17) is 30.0 Å². The van der Waals surface area contributed by atoms with Crippen molar-refractivity contribution in [1.29, 1.82) is 0 Å². The third-order valence-electron chi connectivity index (χ3n) is 1.63. The molecule has 1 aromatic carbocycles. The Kier molecular flexibility index (Phi) is 20.5. The van der Waals surface area contributed by atoms with Crippen LogP contribution in [0, 0.1) is 19.8 Å². The van der Waals surface area contributed by atoms with Crippen LogP contribution in [0.4, 0.5) is 9.59 Å². The van der Waals surface area contributed by atoms with Crippen molar-refractivity contribution in [3.63, 3.8) is 0 Å². The molecule has 0 heterocycles. The quantitative estimate of drug-likeness (QED) is 0.452. The van der Waals surface area contributed by atoms with Crippen LogP contribution in [0.1, 0.15) is 49.2 Å². The molecule has 0 saturated carbocycles. The first kappa shape index (κ1) is 29.4. The molecule has 0 unspecified atom stereocenters. The topological polar surface area (TPSA) is 167 Å². The summed E-state index contributed by atoms with van der Waals surface area (Å²) in [5, 5.41) is 27.9. The van der Waals surface area contributed by atoms with Crippen LogP contribution in [0.2, 0.25) is 0 Å². The average molecular weight is 347 g/mol. The minimum atomic E-state index is -1.83. The summed E-state index contributed by atoms with van der Waals surface area (Å²) in [6.45, 7) is 12.1. The lowest BCUT2D eigenvalue weighted by Crippen LogP contribution is -1.93. The number of carbonyl (C=O) groups excluding carboxylic acids is 1. The molecule has 1 aromatic rings. The van der Waals surface area contributed by atoms with Crippen molar-refractivity contribution in [1.82, 2.24) is 6.15 Å². The highest BCUT2D eigenvalue weighted by Gasteiger charge is 1.99. The second kappa shape index (κ2) is 16.8. The molecule has 0 aliphatic heterocycles. The van der Waals surface area contributed by atoms with E-state index < -0.39 is 12.3 Å². The van der Waals surface area contributed by atoms with Gasteiger partial charge in [-0.25, -0.2) is 9.59 Å². The molecule has 0 bridgehead atoms. The van der Waals surface area contributed by atoms with Crippen LogP contribution in [0.15, 0.2) is 18.2 Å². The maximum atomic E-state index is 10.9. The van der Waals surface area contributed by atoms with Gasteiger partial charge in [0.05, 0.1) is 0 Å². The number of hydrogen-bond acceptors (Lipinski definition) is 4. The lowest BCUT2D eigenvalue weighted by molar-refractivity contribution is 0.101. The van der Waals surface area contributed by atoms with Gasteiger partial charge in [-0.3, -0.25) is 4.79 Å². The van der Waals surface area contributed by atoms with Gasteiger partial charge in [-0.05, 0) is 38.8 Å². The van der Waals surface area contributed by atoms with E-state index >= 15 is 0 Å². The Bertz CT molecular complexity index is 456. The van der Waals surface area contributed by atoms with Crippen LogP contribution in [-0.2, 0) is 0 Å². The second-order valence-corrected chi connectivity index (χ2v) is 5.23. The summed E-state index contributed by atoms with van der Waals surface area (Å²) in [4.78, 5) is 28.1. The standard InChI is InChI=1S/C10H12O.C4H10.2CH2O3.H3N/c1-7-4-8(2)6-10(5-7)9(3)11;1-4(2)3;2*2-1(3)4;/h4-6H,1-3H3;4H,1-3H3;2*(H2,2,3,4);1H3. The molecule has 0 atom stereocenters. The van der Waals surface area contributed by atoms with Gasteiger partial charge in [0.15, 0.2) is 5.78 Å². The SMILES string of the molecule is CC(=O)c1cc(C)cc(C)c1.CC(C)C.N.O=C(O)O.O=C(O)O. The second-order valence-electron chi connectivity index (χ2n) is 5.23. The number of Topliss-reactive ketones (excluding diaryl/α,β-unsaturated/α-hetero) is 1. The predicted molar refractivity (Wildman–Crippen MR) is 92.8 cm³/mol. The van der Waals surface area contributed by atoms with Crippen LogP contribution in [0.5, 0.6) is 0 Å². The van der Waals surface area contributed by atoms with E-state index in [0.29, 0.717) is 0 Å². The highest BCUT2D eigenvalue weighted by molar-refractivity contribution is 5.94. The van der Waals surface area contributed by atoms with Crippen molar-refractivity contribution in [3.05, 3.63) is 34.9 Å². The van der Waals surface area contributed by atoms with E-state index in [0.717, 1.165) is 22.6 Å². The van der Waals surface area contributed by atoms with Gasteiger partial charge in [0.2, 0.25) is 0 Å². The van der Waals surface area contributed by atoms with Crippen LogP contribution >= 0.6 is 0 Å². The largest absolute Gasteiger partial charge is 0.503 e. The molecular formula is C16H29NO7. The van der Waals surface area contributed by atoms with E-state index in [1.807, 2.05) is 26.0 Å². The summed E-state index contributed by atoms with van der Waals surface area (Å²) >= 11 is 0. The van der Waals surface area contributed by atoms with Crippen molar-refractivity contribution < 1.29 is 34.8 Å². The highest BCUT2D eigenvalue weighted by atomic mass is 16.6. The van der Waals surface area contributed by atoms with Crippen molar-refractivity contribution >= 4 is 18.1 Å². The van der Waals surface area contributed by atoms with E-state index in [-0.39, 0.29) is 11.9 Å². The van der Waals surface area contributed by atoms with Gasteiger partial charge in [0.1, 0.15) is 0 Å². The predicted octanol–water partition coefficient (Wildman–Crippen LogP) is 4.78. The summed E-state index contributed by atoms with van der Waals surface area (Å²) in [5.41, 5.74) is 3.10. The molecule has 0 aliphatic carbocycles. The fraction of sp³-hybridized carbons (Fsp3) is 0.438. The molecule has 7 N–H and O–H groups in total. The Labute approximate surface area is 142 Å². The average Bonchev–Trinajstić information content (AvgIpc) is 2.24. The first-order valence-electron chi connectivity index (χ1n) is 6.72. The van der Waals surface area contributed by atoms with Gasteiger partial charge in [-0.1, -0.05) is 38.0 Å². The Hall–Kier alpha value is -2.61. The zero-order valence-electron chi connectivity index (χ0n) is 15.0. The summed E-state index contributed by atoms with van der Waals surface area (Å²) < 4.78 is 0. The number of carbonyl (C=O) groups is 3. The van der Waals surface area contributed by atoms with Gasteiger partial charge in [0.25, 0.3) is 0 Å². The zero-order valence-corrected chi connectivity index (χ0v) is 15.0. The molecule has 24 heavy (non-hydrogen) atoms. The lowest BCUT2D eigenvalue weighted by Gasteiger charge is -1.99. The molecule has 0 amide bonds. The normalized spacial score (nSPS) is 7.96. The van der Waals surface area contributed by atoms with Crippen molar-refractivity contribution in [2.75, 3.05) is 0 Å². The summed E-state index contributed by atoms with van der Waals surface area (Å²) in [7, 11) is 0. The molecule has 0 radical (unpaired) electrons. The number of benzene rings is 1. The van der Waals surface area contributed by atoms with Crippen molar-refractivity contribution in [2.45, 2.75) is 41.5 Å². The number of rotatable bonds is 1. The molecule has 140 valence electrons. The third-order valence-corrected chi connectivity index (χ3v) is 1.63. The van der Waals surface area contributed by atoms with Crippen LogP contribution in [0.3, 0.4) is 0 Å². The van der Waals surface area contributed by atoms with Crippen molar-refractivity contribution in [3.8, 4) is 0 Å². The molecule has 0 saturated heterocycles. The number of ketones is 1. The molecule has 8 heteroatoms. The number of carboxylic acid groups (broad SMARTS) is 4. The maximum Gasteiger partial charge on any atom is 0.503 e. The van der Waals surface area contributed by atoms with E-state index in [1.54, 1.807) is 6.92 Å². The minimum absolute atomic E-state index is 0. The fourth-order valence-electron chi connectivity index (χ4n) is 1.18. The molecular weight excluding hydrogens is 318 g/mol.